The molecule has 0 spiro atoms. The number of H-pyrrole nitrogens is 1. The Bertz CT molecular complexity index is 1080. The third-order valence-electron chi connectivity index (χ3n) is 4.60. The summed E-state index contributed by atoms with van der Waals surface area (Å²) in [5.41, 5.74) is 4.69. The number of hydrogen-bond acceptors (Lipinski definition) is 3. The van der Waals surface area contributed by atoms with Gasteiger partial charge in [-0.2, -0.15) is 0 Å². The number of nitrogens with one attached hydrogen (secondary N) is 1. The van der Waals surface area contributed by atoms with Crippen molar-refractivity contribution in [1.82, 2.24) is 19.9 Å². The summed E-state index contributed by atoms with van der Waals surface area (Å²) in [5.74, 6) is 0. The predicted octanol–water partition coefficient (Wildman–Crippen LogP) is 5.32. The number of aromatic nitrogens is 4. The monoisotopic (exact) mass is 398 g/mol. The van der Waals surface area contributed by atoms with E-state index in [4.69, 9.17) is 11.6 Å². The van der Waals surface area contributed by atoms with Gasteiger partial charge in [0.1, 0.15) is 11.3 Å². The quantitative estimate of drug-likeness (QED) is 0.478. The number of alkyl halides is 2. The van der Waals surface area contributed by atoms with E-state index in [1.807, 2.05) is 24.5 Å². The Morgan fingerprint density at radius 1 is 0.929 bits per heavy atom. The van der Waals surface area contributed by atoms with Crippen LogP contribution in [0.2, 0.25) is 5.02 Å². The lowest BCUT2D eigenvalue weighted by atomic mass is 10.1. The summed E-state index contributed by atoms with van der Waals surface area (Å²) in [5, 5.41) is 1.62. The van der Waals surface area contributed by atoms with Crippen molar-refractivity contribution in [2.45, 2.75) is 25.7 Å². The number of rotatable bonds is 6. The summed E-state index contributed by atoms with van der Waals surface area (Å²) in [6.45, 7) is 0. The van der Waals surface area contributed by atoms with Crippen LogP contribution in [-0.2, 0) is 19.3 Å². The lowest BCUT2D eigenvalue weighted by molar-refractivity contribution is 0.146. The van der Waals surface area contributed by atoms with Crippen LogP contribution in [0.3, 0.4) is 0 Å². The minimum absolute atomic E-state index is 0.194. The third-order valence-corrected chi connectivity index (χ3v) is 4.81. The van der Waals surface area contributed by atoms with Gasteiger partial charge in [0.25, 0.3) is 6.43 Å². The first-order valence-corrected chi connectivity index (χ1v) is 9.24. The second kappa shape index (κ2) is 8.02. The lowest BCUT2D eigenvalue weighted by Crippen LogP contribution is -1.98. The zero-order chi connectivity index (χ0) is 19.5. The van der Waals surface area contributed by atoms with Gasteiger partial charge in [0, 0.05) is 42.3 Å². The van der Waals surface area contributed by atoms with Crippen LogP contribution in [-0.4, -0.2) is 19.9 Å². The largest absolute Gasteiger partial charge is 0.346 e. The first-order valence-electron chi connectivity index (χ1n) is 8.87. The van der Waals surface area contributed by atoms with E-state index in [0.29, 0.717) is 11.4 Å². The molecule has 0 amide bonds. The van der Waals surface area contributed by atoms with Gasteiger partial charge in [-0.05, 0) is 47.7 Å². The number of aromatic amines is 1. The molecule has 4 rings (SSSR count). The molecule has 4 aromatic heterocycles. The zero-order valence-corrected chi connectivity index (χ0v) is 15.6. The summed E-state index contributed by atoms with van der Waals surface area (Å²) in [4.78, 5) is 15.7. The van der Waals surface area contributed by atoms with Crippen molar-refractivity contribution < 1.29 is 8.78 Å². The SMILES string of the molecule is FC(F)c1ccc(CCc2ccc(Cc3c[nH]c4ncc(Cl)cc34)cn2)cn1. The highest BCUT2D eigenvalue weighted by atomic mass is 35.5. The van der Waals surface area contributed by atoms with Gasteiger partial charge in [-0.15, -0.1) is 0 Å². The van der Waals surface area contributed by atoms with Gasteiger partial charge in [0.15, 0.2) is 0 Å². The molecule has 28 heavy (non-hydrogen) atoms. The number of nitrogens with zero attached hydrogens (tertiary/aromatic N) is 3. The van der Waals surface area contributed by atoms with Crippen LogP contribution in [0.1, 0.15) is 34.5 Å². The van der Waals surface area contributed by atoms with Gasteiger partial charge in [0.05, 0.1) is 5.02 Å². The number of halogens is 3. The van der Waals surface area contributed by atoms with Gasteiger partial charge < -0.3 is 4.98 Å². The van der Waals surface area contributed by atoms with Gasteiger partial charge in [-0.25, -0.2) is 13.8 Å². The normalized spacial score (nSPS) is 11.4. The van der Waals surface area contributed by atoms with E-state index in [-0.39, 0.29) is 5.69 Å². The minimum Gasteiger partial charge on any atom is -0.346 e. The van der Waals surface area contributed by atoms with Gasteiger partial charge >= 0.3 is 0 Å². The maximum atomic E-state index is 12.5. The molecule has 4 nitrogen and oxygen atoms in total. The number of fused-ring (bicyclic) bond motifs is 1. The predicted molar refractivity (Wildman–Crippen MR) is 105 cm³/mol. The molecule has 7 heteroatoms. The molecular formula is C21H17ClF2N4. The van der Waals surface area contributed by atoms with Crippen LogP contribution in [0.15, 0.2) is 55.1 Å². The van der Waals surface area contributed by atoms with Crippen LogP contribution in [0.5, 0.6) is 0 Å². The fourth-order valence-electron chi connectivity index (χ4n) is 3.09. The van der Waals surface area contributed by atoms with Crippen molar-refractivity contribution >= 4 is 22.6 Å². The zero-order valence-electron chi connectivity index (χ0n) is 14.9. The highest BCUT2D eigenvalue weighted by Crippen LogP contribution is 2.22. The van der Waals surface area contributed by atoms with E-state index < -0.39 is 6.43 Å². The van der Waals surface area contributed by atoms with Gasteiger partial charge in [0.2, 0.25) is 0 Å². The molecule has 0 aromatic carbocycles. The van der Waals surface area contributed by atoms with E-state index >= 15 is 0 Å². The topological polar surface area (TPSA) is 54.5 Å². The van der Waals surface area contributed by atoms with Gasteiger partial charge in [-0.3, -0.25) is 9.97 Å². The van der Waals surface area contributed by atoms with Gasteiger partial charge in [-0.1, -0.05) is 23.7 Å². The Hall–Kier alpha value is -2.86. The molecule has 0 saturated carbocycles. The standard InChI is InChI=1S/C21H17ClF2N4/c22-16-8-18-15(11-27-21(18)28-12-16)7-14-2-5-17(25-10-14)4-1-13-3-6-19(20(23)24)26-9-13/h2-3,5-6,8-12,20H,1,4,7H2,(H,27,28). The fraction of sp³-hybridized carbons (Fsp3) is 0.190. The second-order valence-corrected chi connectivity index (χ2v) is 7.03. The molecular weight excluding hydrogens is 382 g/mol. The average Bonchev–Trinajstić information content (AvgIpc) is 3.09. The van der Waals surface area contributed by atoms with E-state index in [9.17, 15) is 8.78 Å². The number of aryl methyl sites for hydroxylation is 2. The summed E-state index contributed by atoms with van der Waals surface area (Å²) in [7, 11) is 0. The van der Waals surface area contributed by atoms with E-state index in [2.05, 4.69) is 26.0 Å². The first kappa shape index (κ1) is 18.5. The maximum Gasteiger partial charge on any atom is 0.280 e. The highest BCUT2D eigenvalue weighted by Gasteiger charge is 2.09. The van der Waals surface area contributed by atoms with E-state index in [1.165, 1.54) is 12.3 Å². The molecule has 0 unspecified atom stereocenters. The van der Waals surface area contributed by atoms with Crippen LogP contribution < -0.4 is 0 Å². The molecule has 0 radical (unpaired) electrons. The van der Waals surface area contributed by atoms with Crippen molar-refractivity contribution in [3.63, 3.8) is 0 Å². The second-order valence-electron chi connectivity index (χ2n) is 6.59. The molecule has 0 bridgehead atoms. The number of pyridine rings is 3. The summed E-state index contributed by atoms with van der Waals surface area (Å²) in [6.07, 6.45) is 6.56. The third kappa shape index (κ3) is 4.17. The van der Waals surface area contributed by atoms with Crippen molar-refractivity contribution in [3.05, 3.63) is 88.2 Å². The Morgan fingerprint density at radius 3 is 2.46 bits per heavy atom. The Balaban J connectivity index is 1.40. The van der Waals surface area contributed by atoms with Crippen molar-refractivity contribution in [3.8, 4) is 0 Å². The molecule has 4 aromatic rings. The molecule has 0 aliphatic carbocycles. The number of hydrogen-bond donors (Lipinski definition) is 1. The Morgan fingerprint density at radius 2 is 1.75 bits per heavy atom. The highest BCUT2D eigenvalue weighted by molar-refractivity contribution is 6.31. The average molecular weight is 399 g/mol. The van der Waals surface area contributed by atoms with Crippen LogP contribution in [0.4, 0.5) is 8.78 Å². The summed E-state index contributed by atoms with van der Waals surface area (Å²) < 4.78 is 25.1. The molecule has 0 aliphatic rings. The summed E-state index contributed by atoms with van der Waals surface area (Å²) in [6, 6.07) is 9.02. The molecule has 1 N–H and O–H groups in total. The molecule has 142 valence electrons. The molecule has 0 saturated heterocycles. The van der Waals surface area contributed by atoms with Crippen LogP contribution in [0, 0.1) is 0 Å². The van der Waals surface area contributed by atoms with Crippen molar-refractivity contribution in [2.75, 3.05) is 0 Å². The van der Waals surface area contributed by atoms with E-state index in [1.54, 1.807) is 12.3 Å². The summed E-state index contributed by atoms with van der Waals surface area (Å²) >= 11 is 6.05. The smallest absolute Gasteiger partial charge is 0.280 e. The maximum absolute atomic E-state index is 12.5. The van der Waals surface area contributed by atoms with Crippen LogP contribution >= 0.6 is 11.6 Å². The molecule has 0 aliphatic heterocycles. The van der Waals surface area contributed by atoms with Crippen molar-refractivity contribution in [1.29, 1.82) is 0 Å². The van der Waals surface area contributed by atoms with E-state index in [0.717, 1.165) is 46.3 Å². The first-order chi connectivity index (χ1) is 13.6. The fourth-order valence-corrected chi connectivity index (χ4v) is 3.25. The Labute approximate surface area is 165 Å². The van der Waals surface area contributed by atoms with Crippen LogP contribution in [0.25, 0.3) is 11.0 Å². The minimum atomic E-state index is -2.53. The lowest BCUT2D eigenvalue weighted by Gasteiger charge is -2.05. The Kier molecular flexibility index (Phi) is 5.30. The molecule has 4 heterocycles. The van der Waals surface area contributed by atoms with Crippen molar-refractivity contribution in [2.24, 2.45) is 0 Å². The molecule has 0 fully saturated rings. The molecule has 0 atom stereocenters.